The highest BCUT2D eigenvalue weighted by molar-refractivity contribution is 7.89. The average Bonchev–Trinajstić information content (AvgIpc) is 2.63. The molecule has 0 aromatic heterocycles. The first kappa shape index (κ1) is 20.9. The number of hydrogen-bond donors (Lipinski definition) is 1. The van der Waals surface area contributed by atoms with Crippen molar-refractivity contribution in [3.8, 4) is 0 Å². The number of amides is 1. The fourth-order valence-corrected chi connectivity index (χ4v) is 5.23. The van der Waals surface area contributed by atoms with Crippen LogP contribution in [0.1, 0.15) is 58.4 Å². The van der Waals surface area contributed by atoms with Crippen LogP contribution in [0.5, 0.6) is 0 Å². The van der Waals surface area contributed by atoms with E-state index in [2.05, 4.69) is 5.32 Å². The third-order valence-electron chi connectivity index (χ3n) is 5.34. The van der Waals surface area contributed by atoms with E-state index in [9.17, 15) is 13.2 Å². The van der Waals surface area contributed by atoms with E-state index in [0.717, 1.165) is 37.7 Å². The molecular weight excluding hydrogens is 348 g/mol. The molecule has 2 rings (SSSR count). The molecule has 6 heteroatoms. The molecule has 1 N–H and O–H groups in total. The minimum absolute atomic E-state index is 0.0636. The minimum Gasteiger partial charge on any atom is -0.356 e. The van der Waals surface area contributed by atoms with Crippen molar-refractivity contribution in [3.05, 3.63) is 29.8 Å². The van der Waals surface area contributed by atoms with Crippen LogP contribution in [0.4, 0.5) is 0 Å². The Morgan fingerprint density at radius 1 is 1.19 bits per heavy atom. The minimum atomic E-state index is -3.42. The molecule has 1 aromatic rings. The molecule has 1 fully saturated rings. The Balaban J connectivity index is 1.94. The lowest BCUT2D eigenvalue weighted by Gasteiger charge is -2.32. The summed E-state index contributed by atoms with van der Waals surface area (Å²) in [5.74, 6) is 0.183. The molecule has 146 valence electrons. The van der Waals surface area contributed by atoms with Gasteiger partial charge in [0.25, 0.3) is 0 Å². The highest BCUT2D eigenvalue weighted by Crippen LogP contribution is 2.25. The van der Waals surface area contributed by atoms with Crippen LogP contribution in [0.3, 0.4) is 0 Å². The van der Waals surface area contributed by atoms with Crippen molar-refractivity contribution in [2.45, 2.75) is 70.2 Å². The molecule has 26 heavy (non-hydrogen) atoms. The number of carbonyl (C=O) groups is 1. The van der Waals surface area contributed by atoms with Crippen LogP contribution in [0.25, 0.3) is 0 Å². The monoisotopic (exact) mass is 380 g/mol. The number of nitrogens with zero attached hydrogens (tertiary/aromatic N) is 1. The maximum absolute atomic E-state index is 12.8. The second-order valence-corrected chi connectivity index (χ2v) is 9.05. The van der Waals surface area contributed by atoms with Gasteiger partial charge in [-0.15, -0.1) is 0 Å². The van der Waals surface area contributed by atoms with Crippen molar-refractivity contribution in [2.24, 2.45) is 5.92 Å². The average molecular weight is 381 g/mol. The van der Waals surface area contributed by atoms with Gasteiger partial charge in [-0.05, 0) is 56.7 Å². The molecule has 0 bridgehead atoms. The summed E-state index contributed by atoms with van der Waals surface area (Å²) in [5, 5.41) is 2.97. The lowest BCUT2D eigenvalue weighted by atomic mass is 10.0. The molecule has 0 aliphatic carbocycles. The van der Waals surface area contributed by atoms with Gasteiger partial charge in [-0.2, -0.15) is 4.31 Å². The first-order valence-electron chi connectivity index (χ1n) is 9.78. The summed E-state index contributed by atoms with van der Waals surface area (Å²) in [4.78, 5) is 12.3. The Morgan fingerprint density at radius 3 is 2.42 bits per heavy atom. The van der Waals surface area contributed by atoms with E-state index in [4.69, 9.17) is 0 Å². The van der Waals surface area contributed by atoms with E-state index < -0.39 is 10.0 Å². The van der Waals surface area contributed by atoms with Crippen molar-refractivity contribution < 1.29 is 13.2 Å². The SMILES string of the molecule is CCC(CC)C(=O)NCCc1ccc(S(=O)(=O)N2CCCCC2C)cc1. The number of carbonyl (C=O) groups excluding carboxylic acids is 1. The number of hydrogen-bond acceptors (Lipinski definition) is 3. The van der Waals surface area contributed by atoms with E-state index in [1.165, 1.54) is 0 Å². The fraction of sp³-hybridized carbons (Fsp3) is 0.650. The lowest BCUT2D eigenvalue weighted by molar-refractivity contribution is -0.125. The zero-order valence-electron chi connectivity index (χ0n) is 16.2. The number of rotatable bonds is 8. The van der Waals surface area contributed by atoms with Gasteiger partial charge < -0.3 is 5.32 Å². The van der Waals surface area contributed by atoms with Gasteiger partial charge in [0.05, 0.1) is 4.90 Å². The number of benzene rings is 1. The summed E-state index contributed by atoms with van der Waals surface area (Å²) in [6.07, 6.45) is 5.35. The van der Waals surface area contributed by atoms with Crippen LogP contribution < -0.4 is 5.32 Å². The normalized spacial score (nSPS) is 18.8. The maximum atomic E-state index is 12.8. The molecular formula is C20H32N2O3S. The van der Waals surface area contributed by atoms with Gasteiger partial charge >= 0.3 is 0 Å². The van der Waals surface area contributed by atoms with E-state index in [1.807, 2.05) is 32.9 Å². The molecule has 1 aromatic carbocycles. The maximum Gasteiger partial charge on any atom is 0.243 e. The predicted octanol–water partition coefficient (Wildman–Crippen LogP) is 3.34. The summed E-state index contributed by atoms with van der Waals surface area (Å²) < 4.78 is 27.3. The topological polar surface area (TPSA) is 66.5 Å². The van der Waals surface area contributed by atoms with Crippen LogP contribution in [-0.2, 0) is 21.2 Å². The first-order chi connectivity index (χ1) is 12.4. The molecule has 0 radical (unpaired) electrons. The molecule has 1 saturated heterocycles. The predicted molar refractivity (Wildman–Crippen MR) is 104 cm³/mol. The van der Waals surface area contributed by atoms with Gasteiger partial charge in [-0.3, -0.25) is 4.79 Å². The van der Waals surface area contributed by atoms with E-state index in [0.29, 0.717) is 24.4 Å². The van der Waals surface area contributed by atoms with Crippen molar-refractivity contribution >= 4 is 15.9 Å². The standard InChI is InChI=1S/C20H32N2O3S/c1-4-18(5-2)20(23)21-14-13-17-9-11-19(12-10-17)26(24,25)22-15-7-6-8-16(22)3/h9-12,16,18H,4-8,13-15H2,1-3H3,(H,21,23). The van der Waals surface area contributed by atoms with Gasteiger partial charge in [0.2, 0.25) is 15.9 Å². The van der Waals surface area contributed by atoms with Crippen LogP contribution in [0, 0.1) is 5.92 Å². The van der Waals surface area contributed by atoms with Crippen LogP contribution in [0.2, 0.25) is 0 Å². The van der Waals surface area contributed by atoms with Crippen molar-refractivity contribution in [3.63, 3.8) is 0 Å². The molecule has 0 saturated carbocycles. The summed E-state index contributed by atoms with van der Waals surface area (Å²) in [6, 6.07) is 7.15. The smallest absolute Gasteiger partial charge is 0.243 e. The van der Waals surface area contributed by atoms with E-state index in [-0.39, 0.29) is 17.9 Å². The molecule has 5 nitrogen and oxygen atoms in total. The Bertz CT molecular complexity index is 682. The van der Waals surface area contributed by atoms with Crippen molar-refractivity contribution in [1.29, 1.82) is 0 Å². The van der Waals surface area contributed by atoms with E-state index in [1.54, 1.807) is 16.4 Å². The third-order valence-corrected chi connectivity index (χ3v) is 7.37. The van der Waals surface area contributed by atoms with Gasteiger partial charge in [0, 0.05) is 25.0 Å². The third kappa shape index (κ3) is 5.07. The summed E-state index contributed by atoms with van der Waals surface area (Å²) >= 11 is 0. The second-order valence-electron chi connectivity index (χ2n) is 7.16. The second kappa shape index (κ2) is 9.51. The quantitative estimate of drug-likeness (QED) is 0.752. The molecule has 1 unspecified atom stereocenters. The number of nitrogens with one attached hydrogen (secondary N) is 1. The van der Waals surface area contributed by atoms with Crippen molar-refractivity contribution in [2.75, 3.05) is 13.1 Å². The van der Waals surface area contributed by atoms with Gasteiger partial charge in [-0.25, -0.2) is 8.42 Å². The Morgan fingerprint density at radius 2 is 1.85 bits per heavy atom. The number of sulfonamides is 1. The fourth-order valence-electron chi connectivity index (χ4n) is 3.53. The van der Waals surface area contributed by atoms with Crippen LogP contribution >= 0.6 is 0 Å². The highest BCUT2D eigenvalue weighted by atomic mass is 32.2. The molecule has 0 spiro atoms. The first-order valence-corrected chi connectivity index (χ1v) is 11.2. The lowest BCUT2D eigenvalue weighted by Crippen LogP contribution is -2.41. The molecule has 1 amide bonds. The summed E-state index contributed by atoms with van der Waals surface area (Å²) in [5.41, 5.74) is 1.03. The zero-order chi connectivity index (χ0) is 19.2. The zero-order valence-corrected chi connectivity index (χ0v) is 17.0. The molecule has 1 aliphatic rings. The largest absolute Gasteiger partial charge is 0.356 e. The van der Waals surface area contributed by atoms with Gasteiger partial charge in [-0.1, -0.05) is 32.4 Å². The Labute approximate surface area is 158 Å². The number of piperidine rings is 1. The van der Waals surface area contributed by atoms with Gasteiger partial charge in [0.15, 0.2) is 0 Å². The summed E-state index contributed by atoms with van der Waals surface area (Å²) in [7, 11) is -3.42. The molecule has 1 aliphatic heterocycles. The van der Waals surface area contributed by atoms with Crippen molar-refractivity contribution in [1.82, 2.24) is 9.62 Å². The van der Waals surface area contributed by atoms with Gasteiger partial charge in [0.1, 0.15) is 0 Å². The van der Waals surface area contributed by atoms with Crippen LogP contribution in [0.15, 0.2) is 29.2 Å². The molecule has 1 heterocycles. The molecule has 1 atom stereocenters. The Hall–Kier alpha value is -1.40. The van der Waals surface area contributed by atoms with E-state index >= 15 is 0 Å². The van der Waals surface area contributed by atoms with Crippen LogP contribution in [-0.4, -0.2) is 37.8 Å². The summed E-state index contributed by atoms with van der Waals surface area (Å²) in [6.45, 7) is 7.21. The highest BCUT2D eigenvalue weighted by Gasteiger charge is 2.30. The Kier molecular flexibility index (Phi) is 7.65.